The summed E-state index contributed by atoms with van der Waals surface area (Å²) in [5.74, 6) is 2.83. The van der Waals surface area contributed by atoms with E-state index in [0.717, 1.165) is 55.3 Å². The number of furan rings is 1. The molecule has 4 heterocycles. The van der Waals surface area contributed by atoms with E-state index < -0.39 is 0 Å². The monoisotopic (exact) mass is 365 g/mol. The Labute approximate surface area is 160 Å². The van der Waals surface area contributed by atoms with E-state index in [2.05, 4.69) is 48.0 Å². The van der Waals surface area contributed by atoms with Crippen LogP contribution < -0.4 is 4.74 Å². The van der Waals surface area contributed by atoms with Crippen molar-refractivity contribution in [2.75, 3.05) is 13.1 Å². The molecule has 1 aromatic heterocycles. The third-order valence-electron chi connectivity index (χ3n) is 6.24. The van der Waals surface area contributed by atoms with Crippen LogP contribution in [0.3, 0.4) is 0 Å². The van der Waals surface area contributed by atoms with Gasteiger partial charge in [-0.1, -0.05) is 18.2 Å². The van der Waals surface area contributed by atoms with E-state index in [4.69, 9.17) is 14.3 Å². The molecular weight excluding hydrogens is 338 g/mol. The summed E-state index contributed by atoms with van der Waals surface area (Å²) in [5, 5.41) is 7.30. The van der Waals surface area contributed by atoms with Gasteiger partial charge in [0.15, 0.2) is 0 Å². The first-order valence-corrected chi connectivity index (χ1v) is 10.0. The third-order valence-corrected chi connectivity index (χ3v) is 6.24. The number of nitrogens with zero attached hydrogens (tertiary/aromatic N) is 3. The fourth-order valence-corrected chi connectivity index (χ4v) is 4.69. The molecule has 0 radical (unpaired) electrons. The molecule has 5 nitrogen and oxygen atoms in total. The summed E-state index contributed by atoms with van der Waals surface area (Å²) in [6.07, 6.45) is 2.79. The van der Waals surface area contributed by atoms with Crippen LogP contribution >= 0.6 is 0 Å². The van der Waals surface area contributed by atoms with Crippen molar-refractivity contribution < 1.29 is 9.15 Å². The Morgan fingerprint density at radius 1 is 1.11 bits per heavy atom. The van der Waals surface area contributed by atoms with Gasteiger partial charge in [-0.05, 0) is 39.0 Å². The number of para-hydroxylation sites is 1. The van der Waals surface area contributed by atoms with Gasteiger partial charge in [0.2, 0.25) is 5.72 Å². The number of hydrogen-bond donors (Lipinski definition) is 0. The molecule has 1 aromatic carbocycles. The van der Waals surface area contributed by atoms with Gasteiger partial charge in [-0.3, -0.25) is 0 Å². The number of piperidine rings is 1. The van der Waals surface area contributed by atoms with Gasteiger partial charge < -0.3 is 14.1 Å². The normalized spacial score (nSPS) is 23.9. The summed E-state index contributed by atoms with van der Waals surface area (Å²) < 4.78 is 12.5. The van der Waals surface area contributed by atoms with Crippen LogP contribution in [0.25, 0.3) is 0 Å². The molecule has 0 saturated carbocycles. The molecule has 0 aliphatic carbocycles. The topological polar surface area (TPSA) is 41.2 Å². The lowest BCUT2D eigenvalue weighted by molar-refractivity contribution is -0.152. The molecule has 27 heavy (non-hydrogen) atoms. The lowest BCUT2D eigenvalue weighted by Gasteiger charge is -2.51. The second kappa shape index (κ2) is 6.13. The van der Waals surface area contributed by atoms with Crippen molar-refractivity contribution in [3.8, 4) is 5.75 Å². The van der Waals surface area contributed by atoms with Crippen LogP contribution in [0, 0.1) is 6.92 Å². The molecule has 0 unspecified atom stereocenters. The van der Waals surface area contributed by atoms with Gasteiger partial charge >= 0.3 is 0 Å². The maximum Gasteiger partial charge on any atom is 0.200 e. The van der Waals surface area contributed by atoms with Crippen molar-refractivity contribution >= 4 is 5.71 Å². The maximum absolute atomic E-state index is 6.65. The Morgan fingerprint density at radius 3 is 2.59 bits per heavy atom. The molecule has 1 spiro atoms. The highest BCUT2D eigenvalue weighted by Gasteiger charge is 2.52. The summed E-state index contributed by atoms with van der Waals surface area (Å²) >= 11 is 0. The van der Waals surface area contributed by atoms with Crippen LogP contribution in [0.1, 0.15) is 56.2 Å². The number of likely N-dealkylation sites (tertiary alicyclic amines) is 1. The Balaban J connectivity index is 1.53. The largest absolute Gasteiger partial charge is 0.466 e. The molecule has 1 atom stereocenters. The smallest absolute Gasteiger partial charge is 0.200 e. The average Bonchev–Trinajstić information content (AvgIpc) is 3.29. The van der Waals surface area contributed by atoms with Crippen LogP contribution in [0.5, 0.6) is 5.75 Å². The highest BCUT2D eigenvalue weighted by Crippen LogP contribution is 2.50. The van der Waals surface area contributed by atoms with E-state index in [-0.39, 0.29) is 11.8 Å². The van der Waals surface area contributed by atoms with Crippen molar-refractivity contribution in [2.24, 2.45) is 5.10 Å². The van der Waals surface area contributed by atoms with Gasteiger partial charge in [0.25, 0.3) is 0 Å². The number of rotatable bonds is 2. The zero-order chi connectivity index (χ0) is 18.6. The lowest BCUT2D eigenvalue weighted by atomic mass is 9.91. The fraction of sp³-hybridized carbons (Fsp3) is 0.500. The molecule has 5 heteroatoms. The molecule has 3 aliphatic rings. The lowest BCUT2D eigenvalue weighted by Crippen LogP contribution is -2.59. The van der Waals surface area contributed by atoms with Crippen molar-refractivity contribution in [3.05, 3.63) is 53.5 Å². The van der Waals surface area contributed by atoms with Crippen LogP contribution in [-0.2, 0) is 0 Å². The van der Waals surface area contributed by atoms with E-state index >= 15 is 0 Å². The van der Waals surface area contributed by atoms with Gasteiger partial charge in [0, 0.05) is 44.0 Å². The second-order valence-corrected chi connectivity index (χ2v) is 8.24. The Bertz CT molecular complexity index is 877. The molecule has 3 aliphatic heterocycles. The minimum absolute atomic E-state index is 0.223. The molecule has 0 N–H and O–H groups in total. The quantitative estimate of drug-likeness (QED) is 0.794. The molecule has 142 valence electrons. The second-order valence-electron chi connectivity index (χ2n) is 8.24. The van der Waals surface area contributed by atoms with E-state index in [9.17, 15) is 0 Å². The Morgan fingerprint density at radius 2 is 1.89 bits per heavy atom. The van der Waals surface area contributed by atoms with Gasteiger partial charge in [-0.2, -0.15) is 5.10 Å². The number of fused-ring (bicyclic) bond motifs is 4. The maximum atomic E-state index is 6.65. The minimum atomic E-state index is -0.353. The zero-order valence-corrected chi connectivity index (χ0v) is 16.3. The molecule has 0 bridgehead atoms. The van der Waals surface area contributed by atoms with Gasteiger partial charge in [-0.25, -0.2) is 5.01 Å². The first-order valence-electron chi connectivity index (χ1n) is 10.0. The van der Waals surface area contributed by atoms with Crippen LogP contribution in [0.2, 0.25) is 0 Å². The molecule has 5 rings (SSSR count). The van der Waals surface area contributed by atoms with Crippen LogP contribution in [-0.4, -0.2) is 40.5 Å². The van der Waals surface area contributed by atoms with Crippen molar-refractivity contribution in [1.29, 1.82) is 0 Å². The van der Waals surface area contributed by atoms with E-state index in [1.807, 2.05) is 19.1 Å². The summed E-state index contributed by atoms with van der Waals surface area (Å²) in [5.41, 5.74) is 1.91. The highest BCUT2D eigenvalue weighted by molar-refractivity contribution is 5.99. The summed E-state index contributed by atoms with van der Waals surface area (Å²) in [6.45, 7) is 8.59. The molecule has 0 amide bonds. The van der Waals surface area contributed by atoms with Crippen molar-refractivity contribution in [1.82, 2.24) is 9.91 Å². The van der Waals surface area contributed by atoms with E-state index in [1.165, 1.54) is 5.56 Å². The fourth-order valence-electron chi connectivity index (χ4n) is 4.69. The number of hydrogen-bond acceptors (Lipinski definition) is 5. The number of aryl methyl sites for hydroxylation is 1. The standard InChI is InChI=1S/C22H27N3O2/c1-15(2)24-12-10-22(11-13-24)25-19(17-6-4-5-7-20(17)27-22)14-18(23-25)21-9-8-16(3)26-21/h4-9,15,19H,10-14H2,1-3H3/t19-/m1/s1. The van der Waals surface area contributed by atoms with Crippen LogP contribution in [0.4, 0.5) is 0 Å². The predicted molar refractivity (Wildman–Crippen MR) is 105 cm³/mol. The first kappa shape index (κ1) is 16.9. The zero-order valence-electron chi connectivity index (χ0n) is 16.3. The SMILES string of the molecule is Cc1ccc(C2=NN3[C@H](C2)c2ccccc2OC32CCN(C(C)C)CC2)o1. The summed E-state index contributed by atoms with van der Waals surface area (Å²) in [6, 6.07) is 13.3. The van der Waals surface area contributed by atoms with Gasteiger partial charge in [-0.15, -0.1) is 0 Å². The molecular formula is C22H27N3O2. The van der Waals surface area contributed by atoms with Crippen molar-refractivity contribution in [2.45, 2.75) is 57.8 Å². The first-order chi connectivity index (χ1) is 13.1. The average molecular weight is 365 g/mol. The van der Waals surface area contributed by atoms with Crippen molar-refractivity contribution in [3.63, 3.8) is 0 Å². The van der Waals surface area contributed by atoms with Gasteiger partial charge in [0.05, 0.1) is 6.04 Å². The highest BCUT2D eigenvalue weighted by atomic mass is 16.5. The Kier molecular flexibility index (Phi) is 3.83. The number of benzene rings is 1. The van der Waals surface area contributed by atoms with Gasteiger partial charge in [0.1, 0.15) is 23.0 Å². The van der Waals surface area contributed by atoms with Crippen LogP contribution in [0.15, 0.2) is 45.9 Å². The number of ether oxygens (including phenoxy) is 1. The van der Waals surface area contributed by atoms with E-state index in [1.54, 1.807) is 0 Å². The molecule has 1 saturated heterocycles. The third kappa shape index (κ3) is 2.67. The minimum Gasteiger partial charge on any atom is -0.466 e. The summed E-state index contributed by atoms with van der Waals surface area (Å²) in [4.78, 5) is 2.53. The Hall–Kier alpha value is -2.27. The molecule has 2 aromatic rings. The molecule has 1 fully saturated rings. The van der Waals surface area contributed by atoms with E-state index in [0.29, 0.717) is 6.04 Å². The number of hydrazone groups is 1. The summed E-state index contributed by atoms with van der Waals surface area (Å²) in [7, 11) is 0. The predicted octanol–water partition coefficient (Wildman–Crippen LogP) is 4.33.